The molecule has 0 spiro atoms. The largest absolute Gasteiger partial charge is 0.390 e. The molecule has 68 valence electrons. The van der Waals surface area contributed by atoms with Gasteiger partial charge in [0.1, 0.15) is 6.61 Å². The van der Waals surface area contributed by atoms with E-state index in [9.17, 15) is 8.78 Å². The third-order valence-electron chi connectivity index (χ3n) is 1.34. The van der Waals surface area contributed by atoms with E-state index in [1.807, 2.05) is 0 Å². The van der Waals surface area contributed by atoms with Crippen molar-refractivity contribution in [2.45, 2.75) is 12.8 Å². The van der Waals surface area contributed by atoms with Gasteiger partial charge in [-0.2, -0.15) is 8.78 Å². The van der Waals surface area contributed by atoms with Gasteiger partial charge in [0.2, 0.25) is 0 Å². The van der Waals surface area contributed by atoms with Crippen molar-refractivity contribution in [3.63, 3.8) is 0 Å². The minimum Gasteiger partial charge on any atom is -0.390 e. The number of rotatable bonds is 2. The van der Waals surface area contributed by atoms with Gasteiger partial charge in [0, 0.05) is 9.35 Å². The van der Waals surface area contributed by atoms with Crippen LogP contribution in [0.5, 0.6) is 0 Å². The highest BCUT2D eigenvalue weighted by Gasteiger charge is 2.34. The molecule has 1 rings (SSSR count). The predicted octanol–water partition coefficient (Wildman–Crippen LogP) is 2.90. The highest BCUT2D eigenvalue weighted by molar-refractivity contribution is 9.10. The topological polar surface area (TPSA) is 20.2 Å². The van der Waals surface area contributed by atoms with Gasteiger partial charge in [-0.1, -0.05) is 0 Å². The summed E-state index contributed by atoms with van der Waals surface area (Å²) in [5, 5.41) is 8.42. The number of aryl methyl sites for hydroxylation is 1. The normalized spacial score (nSPS) is 12.1. The monoisotopic (exact) mass is 256 g/mol. The summed E-state index contributed by atoms with van der Waals surface area (Å²) in [6, 6.07) is 1.61. The van der Waals surface area contributed by atoms with Crippen LogP contribution in [0.15, 0.2) is 10.5 Å². The molecule has 1 heterocycles. The first kappa shape index (κ1) is 10.1. The molecule has 1 N–H and O–H groups in total. The van der Waals surface area contributed by atoms with Gasteiger partial charge in [0.25, 0.3) is 0 Å². The Morgan fingerprint density at radius 2 is 2.25 bits per heavy atom. The molecule has 0 radical (unpaired) electrons. The summed E-state index contributed by atoms with van der Waals surface area (Å²) in [7, 11) is 0. The molecule has 1 nitrogen and oxygen atoms in total. The maximum absolute atomic E-state index is 12.9. The van der Waals surface area contributed by atoms with Crippen molar-refractivity contribution in [2.75, 3.05) is 6.61 Å². The molecule has 0 amide bonds. The maximum Gasteiger partial charge on any atom is 0.305 e. The van der Waals surface area contributed by atoms with Crippen molar-refractivity contribution in [2.24, 2.45) is 0 Å². The SMILES string of the molecule is Cc1cc(Br)c(C(F)(F)CO)s1. The van der Waals surface area contributed by atoms with Crippen LogP contribution in [0.2, 0.25) is 0 Å². The lowest BCUT2D eigenvalue weighted by atomic mass is 10.3. The van der Waals surface area contributed by atoms with Gasteiger partial charge < -0.3 is 5.11 Å². The molecular formula is C7H7BrF2OS. The van der Waals surface area contributed by atoms with E-state index in [-0.39, 0.29) is 4.88 Å². The van der Waals surface area contributed by atoms with Crippen LogP contribution >= 0.6 is 27.3 Å². The van der Waals surface area contributed by atoms with Crippen LogP contribution in [-0.2, 0) is 5.92 Å². The number of thiophene rings is 1. The molecule has 0 aliphatic rings. The fraction of sp³-hybridized carbons (Fsp3) is 0.429. The highest BCUT2D eigenvalue weighted by Crippen LogP contribution is 2.38. The summed E-state index contributed by atoms with van der Waals surface area (Å²) < 4.78 is 26.1. The predicted molar refractivity (Wildman–Crippen MR) is 47.7 cm³/mol. The first-order chi connectivity index (χ1) is 5.47. The van der Waals surface area contributed by atoms with Crippen LogP contribution in [0.25, 0.3) is 0 Å². The fourth-order valence-corrected chi connectivity index (χ4v) is 2.70. The molecule has 0 fully saturated rings. The Morgan fingerprint density at radius 1 is 1.67 bits per heavy atom. The Bertz CT molecular complexity index is 285. The number of alkyl halides is 2. The van der Waals surface area contributed by atoms with Gasteiger partial charge in [-0.25, -0.2) is 0 Å². The van der Waals surface area contributed by atoms with Gasteiger partial charge in [0.15, 0.2) is 0 Å². The summed E-state index contributed by atoms with van der Waals surface area (Å²) in [4.78, 5) is 0.688. The van der Waals surface area contributed by atoms with E-state index in [0.717, 1.165) is 16.2 Å². The number of hydrogen-bond donors (Lipinski definition) is 1. The molecule has 0 saturated carbocycles. The second-order valence-corrected chi connectivity index (χ2v) is 4.51. The lowest BCUT2D eigenvalue weighted by molar-refractivity contribution is -0.0529. The van der Waals surface area contributed by atoms with Crippen molar-refractivity contribution >= 4 is 27.3 Å². The fourth-order valence-electron chi connectivity index (χ4n) is 0.804. The third kappa shape index (κ3) is 1.84. The summed E-state index contributed by atoms with van der Waals surface area (Å²) >= 11 is 4.00. The summed E-state index contributed by atoms with van der Waals surface area (Å²) in [6.45, 7) is 0.595. The lowest BCUT2D eigenvalue weighted by Gasteiger charge is -2.10. The second-order valence-electron chi connectivity index (χ2n) is 2.40. The van der Waals surface area contributed by atoms with Crippen LogP contribution in [-0.4, -0.2) is 11.7 Å². The molecule has 0 unspecified atom stereocenters. The Balaban J connectivity index is 3.09. The van der Waals surface area contributed by atoms with Gasteiger partial charge >= 0.3 is 5.92 Å². The molecule has 0 bridgehead atoms. The third-order valence-corrected chi connectivity index (χ3v) is 3.39. The molecular weight excluding hydrogens is 250 g/mol. The van der Waals surface area contributed by atoms with Crippen molar-refractivity contribution in [1.29, 1.82) is 0 Å². The molecule has 12 heavy (non-hydrogen) atoms. The first-order valence-electron chi connectivity index (χ1n) is 3.22. The van der Waals surface area contributed by atoms with Crippen LogP contribution in [0.1, 0.15) is 9.75 Å². The average Bonchev–Trinajstić information content (AvgIpc) is 2.31. The number of halogens is 3. The summed E-state index contributed by atoms with van der Waals surface area (Å²) in [6.07, 6.45) is 0. The quantitative estimate of drug-likeness (QED) is 0.863. The molecule has 0 aliphatic heterocycles. The van der Waals surface area contributed by atoms with E-state index >= 15 is 0 Å². The average molecular weight is 257 g/mol. The van der Waals surface area contributed by atoms with Crippen molar-refractivity contribution in [3.05, 3.63) is 20.3 Å². The molecule has 1 aromatic heterocycles. The van der Waals surface area contributed by atoms with Gasteiger partial charge in [-0.3, -0.25) is 0 Å². The van der Waals surface area contributed by atoms with Gasteiger partial charge in [0.05, 0.1) is 4.88 Å². The summed E-state index contributed by atoms with van der Waals surface area (Å²) in [5.74, 6) is -3.13. The zero-order valence-corrected chi connectivity index (χ0v) is 8.68. The summed E-state index contributed by atoms with van der Waals surface area (Å²) in [5.41, 5.74) is 0. The molecule has 1 aromatic rings. The highest BCUT2D eigenvalue weighted by atomic mass is 79.9. The zero-order valence-electron chi connectivity index (χ0n) is 6.27. The van der Waals surface area contributed by atoms with Gasteiger partial charge in [-0.15, -0.1) is 11.3 Å². The van der Waals surface area contributed by atoms with Gasteiger partial charge in [-0.05, 0) is 28.9 Å². The van der Waals surface area contributed by atoms with E-state index in [1.54, 1.807) is 13.0 Å². The van der Waals surface area contributed by atoms with Crippen molar-refractivity contribution < 1.29 is 13.9 Å². The molecule has 0 aromatic carbocycles. The van der Waals surface area contributed by atoms with E-state index in [2.05, 4.69) is 15.9 Å². The lowest BCUT2D eigenvalue weighted by Crippen LogP contribution is -2.17. The zero-order chi connectivity index (χ0) is 9.35. The number of aliphatic hydroxyl groups is 1. The smallest absolute Gasteiger partial charge is 0.305 e. The number of aliphatic hydroxyl groups excluding tert-OH is 1. The van der Waals surface area contributed by atoms with E-state index < -0.39 is 12.5 Å². The second kappa shape index (κ2) is 3.40. The molecule has 5 heteroatoms. The van der Waals surface area contributed by atoms with E-state index in [0.29, 0.717) is 4.47 Å². The van der Waals surface area contributed by atoms with Crippen LogP contribution in [0.3, 0.4) is 0 Å². The molecule has 0 atom stereocenters. The Kier molecular flexibility index (Phi) is 2.85. The van der Waals surface area contributed by atoms with Crippen LogP contribution in [0.4, 0.5) is 8.78 Å². The molecule has 0 saturated heterocycles. The molecule has 0 aliphatic carbocycles. The van der Waals surface area contributed by atoms with Crippen LogP contribution < -0.4 is 0 Å². The standard InChI is InChI=1S/C7H7BrF2OS/c1-4-2-5(8)6(12-4)7(9,10)3-11/h2,11H,3H2,1H3. The minimum absolute atomic E-state index is 0.109. The van der Waals surface area contributed by atoms with Crippen LogP contribution in [0, 0.1) is 6.92 Å². The Labute approximate surface area is 81.2 Å². The Hall–Kier alpha value is -0.0000000000000000555. The van der Waals surface area contributed by atoms with E-state index in [1.165, 1.54) is 0 Å². The number of hydrogen-bond acceptors (Lipinski definition) is 2. The first-order valence-corrected chi connectivity index (χ1v) is 4.83. The Morgan fingerprint density at radius 3 is 2.58 bits per heavy atom. The van der Waals surface area contributed by atoms with Crippen molar-refractivity contribution in [1.82, 2.24) is 0 Å². The van der Waals surface area contributed by atoms with Crippen molar-refractivity contribution in [3.8, 4) is 0 Å². The van der Waals surface area contributed by atoms with E-state index in [4.69, 9.17) is 5.11 Å². The minimum atomic E-state index is -3.13. The maximum atomic E-state index is 12.9.